The Bertz CT molecular complexity index is 995. The van der Waals surface area contributed by atoms with Crippen molar-refractivity contribution >= 4 is 39.0 Å². The number of carbonyl (C=O) groups excluding carboxylic acids is 2. The predicted molar refractivity (Wildman–Crippen MR) is 150 cm³/mol. The summed E-state index contributed by atoms with van der Waals surface area (Å²) in [7, 11) is -0.127. The lowest BCUT2D eigenvalue weighted by molar-refractivity contribution is 0.0154. The van der Waals surface area contributed by atoms with E-state index in [-0.39, 0.29) is 33.8 Å². The maximum atomic E-state index is 14.8. The Labute approximate surface area is 237 Å². The van der Waals surface area contributed by atoms with Crippen LogP contribution in [0.4, 0.5) is 9.18 Å². The van der Waals surface area contributed by atoms with Crippen molar-refractivity contribution in [3.8, 4) is 5.75 Å². The highest BCUT2D eigenvalue weighted by Crippen LogP contribution is 2.33. The lowest BCUT2D eigenvalue weighted by Crippen LogP contribution is -2.51. The molecule has 1 fully saturated rings. The molecule has 1 aromatic carbocycles. The van der Waals surface area contributed by atoms with Gasteiger partial charge in [-0.2, -0.15) is 0 Å². The zero-order chi connectivity index (χ0) is 29.0. The molecule has 0 unspecified atom stereocenters. The van der Waals surface area contributed by atoms with Crippen molar-refractivity contribution in [2.24, 2.45) is 5.92 Å². The minimum Gasteiger partial charge on any atom is -0.485 e. The minimum absolute atomic E-state index is 0.0232. The highest BCUT2D eigenvalue weighted by atomic mass is 79.9. The monoisotopic (exact) mass is 620 g/mol. The number of methoxy groups -OCH3 is 1. The van der Waals surface area contributed by atoms with E-state index in [1.54, 1.807) is 11.8 Å². The first-order valence-electron chi connectivity index (χ1n) is 12.8. The Morgan fingerprint density at radius 3 is 2.21 bits per heavy atom. The van der Waals surface area contributed by atoms with E-state index in [4.69, 9.17) is 9.47 Å². The van der Waals surface area contributed by atoms with Gasteiger partial charge in [-0.3, -0.25) is 0 Å². The zero-order valence-electron chi connectivity index (χ0n) is 23.9. The number of amides is 1. The molecule has 11 heteroatoms. The molecule has 0 bridgehead atoms. The molecule has 0 N–H and O–H groups in total. The average molecular weight is 622 g/mol. The zero-order valence-corrected chi connectivity index (χ0v) is 26.3. The van der Waals surface area contributed by atoms with Crippen LogP contribution in [0.3, 0.4) is 0 Å². The van der Waals surface area contributed by atoms with Gasteiger partial charge >= 0.3 is 12.1 Å². The van der Waals surface area contributed by atoms with Gasteiger partial charge in [-0.1, -0.05) is 0 Å². The molecule has 1 heterocycles. The molecule has 8 nitrogen and oxygen atoms in total. The van der Waals surface area contributed by atoms with Crippen LogP contribution in [0.1, 0.15) is 78.6 Å². The third-order valence-electron chi connectivity index (χ3n) is 6.24. The first-order chi connectivity index (χ1) is 17.4. The van der Waals surface area contributed by atoms with E-state index in [0.717, 1.165) is 18.9 Å². The molecular weight excluding hydrogens is 579 g/mol. The fourth-order valence-corrected chi connectivity index (χ4v) is 6.32. The van der Waals surface area contributed by atoms with Crippen LogP contribution in [0, 0.1) is 11.7 Å². The molecule has 1 aliphatic rings. The van der Waals surface area contributed by atoms with Crippen LogP contribution < -0.4 is 4.74 Å². The summed E-state index contributed by atoms with van der Waals surface area (Å²) in [6, 6.07) is 2.45. The van der Waals surface area contributed by atoms with Crippen molar-refractivity contribution in [1.82, 2.24) is 9.21 Å². The van der Waals surface area contributed by atoms with Gasteiger partial charge in [0.25, 0.3) is 0 Å². The Kier molecular flexibility index (Phi) is 11.2. The van der Waals surface area contributed by atoms with Gasteiger partial charge in [-0.15, -0.1) is 0 Å². The van der Waals surface area contributed by atoms with Crippen molar-refractivity contribution in [3.05, 3.63) is 28.0 Å². The van der Waals surface area contributed by atoms with Gasteiger partial charge < -0.3 is 19.1 Å². The Morgan fingerprint density at radius 1 is 1.16 bits per heavy atom. The smallest absolute Gasteiger partial charge is 0.410 e. The summed E-state index contributed by atoms with van der Waals surface area (Å²) in [4.78, 5) is 26.0. The number of hydrogen-bond acceptors (Lipinski definition) is 6. The number of hydrogen-bond donors (Lipinski definition) is 0. The Morgan fingerprint density at radius 2 is 1.74 bits per heavy atom. The number of piperidine rings is 1. The lowest BCUT2D eigenvalue weighted by Gasteiger charge is -2.41. The molecule has 216 valence electrons. The predicted octanol–water partition coefficient (Wildman–Crippen LogP) is 5.94. The van der Waals surface area contributed by atoms with Gasteiger partial charge in [0.2, 0.25) is 0 Å². The normalized spacial score (nSPS) is 17.6. The summed E-state index contributed by atoms with van der Waals surface area (Å²) in [5.41, 5.74) is -0.482. The lowest BCUT2D eigenvalue weighted by atomic mass is 9.90. The van der Waals surface area contributed by atoms with Crippen LogP contribution in [0.2, 0.25) is 0 Å². The molecule has 0 spiro atoms. The van der Waals surface area contributed by atoms with E-state index < -0.39 is 39.2 Å². The molecule has 0 radical (unpaired) electrons. The number of ether oxygens (including phenoxy) is 3. The molecule has 0 saturated carbocycles. The van der Waals surface area contributed by atoms with Gasteiger partial charge in [0.15, 0.2) is 11.6 Å². The first kappa shape index (κ1) is 32.5. The Hall–Kier alpha value is -1.72. The highest BCUT2D eigenvalue weighted by molar-refractivity contribution is 9.10. The largest absolute Gasteiger partial charge is 0.485 e. The number of rotatable bonds is 8. The third kappa shape index (κ3) is 8.91. The molecule has 2 rings (SSSR count). The fraction of sp³-hybridized carbons (Fsp3) is 0.704. The molecule has 0 aromatic heterocycles. The average Bonchev–Trinajstić information content (AvgIpc) is 2.81. The second kappa shape index (κ2) is 13.1. The molecule has 0 aliphatic carbocycles. The van der Waals surface area contributed by atoms with Crippen molar-refractivity contribution in [2.75, 3.05) is 26.7 Å². The van der Waals surface area contributed by atoms with Crippen LogP contribution in [0.15, 0.2) is 16.6 Å². The number of nitrogens with zero attached hydrogens (tertiary/aromatic N) is 2. The summed E-state index contributed by atoms with van der Waals surface area (Å²) < 4.78 is 46.3. The number of carbonyl (C=O) groups is 2. The summed E-state index contributed by atoms with van der Waals surface area (Å²) in [6.45, 7) is 16.6. The number of benzene rings is 1. The van der Waals surface area contributed by atoms with E-state index in [9.17, 15) is 18.2 Å². The van der Waals surface area contributed by atoms with E-state index in [1.807, 2.05) is 52.8 Å². The van der Waals surface area contributed by atoms with Crippen LogP contribution in [0.5, 0.6) is 5.75 Å². The molecule has 1 saturated heterocycles. The van der Waals surface area contributed by atoms with E-state index in [0.29, 0.717) is 19.6 Å². The summed E-state index contributed by atoms with van der Waals surface area (Å²) in [5.74, 6) is -1.17. The minimum atomic E-state index is -1.36. The maximum absolute atomic E-state index is 14.8. The molecule has 3 atom stereocenters. The quantitative estimate of drug-likeness (QED) is 0.334. The fourth-order valence-electron chi connectivity index (χ4n) is 4.26. The van der Waals surface area contributed by atoms with Crippen molar-refractivity contribution in [2.45, 2.75) is 90.7 Å². The Balaban J connectivity index is 2.15. The van der Waals surface area contributed by atoms with E-state index in [1.165, 1.54) is 13.2 Å². The van der Waals surface area contributed by atoms with Gasteiger partial charge in [0.1, 0.15) is 22.7 Å². The van der Waals surface area contributed by atoms with Gasteiger partial charge in [0.05, 0.1) is 21.9 Å². The molecule has 1 aliphatic heterocycles. The second-order valence-electron chi connectivity index (χ2n) is 11.7. The van der Waals surface area contributed by atoms with Gasteiger partial charge in [-0.25, -0.2) is 22.5 Å². The topological polar surface area (TPSA) is 85.4 Å². The van der Waals surface area contributed by atoms with Crippen molar-refractivity contribution in [3.63, 3.8) is 0 Å². The highest BCUT2D eigenvalue weighted by Gasteiger charge is 2.37. The van der Waals surface area contributed by atoms with E-state index in [2.05, 4.69) is 20.7 Å². The third-order valence-corrected chi connectivity index (χ3v) is 8.78. The molecule has 38 heavy (non-hydrogen) atoms. The van der Waals surface area contributed by atoms with Crippen molar-refractivity contribution < 1.29 is 32.4 Å². The van der Waals surface area contributed by atoms with Crippen LogP contribution in [-0.2, 0) is 20.5 Å². The number of halogens is 2. The van der Waals surface area contributed by atoms with E-state index >= 15 is 0 Å². The van der Waals surface area contributed by atoms with Gasteiger partial charge in [0, 0.05) is 25.7 Å². The standard InChI is InChI=1S/C27H42BrFN2O6S/c1-17(36-23-21(28)14-20(15-22(23)29)24(32)35-9)16-31(38(34)27(6,7)8)18(2)19-10-12-30(13-11-19)25(33)37-26(3,4)5/h14-15,17-19H,10-13,16H2,1-9H3/t17-,18+,38+/m1/s1. The van der Waals surface area contributed by atoms with Crippen LogP contribution >= 0.6 is 15.9 Å². The molecule has 1 aromatic rings. The second-order valence-corrected chi connectivity index (χ2v) is 14.7. The summed E-state index contributed by atoms with van der Waals surface area (Å²) >= 11 is 3.29. The molecular formula is C27H42BrFN2O6S. The number of likely N-dealkylation sites (tertiary alicyclic amines) is 1. The summed E-state index contributed by atoms with van der Waals surface area (Å²) in [5, 5.41) is 0. The maximum Gasteiger partial charge on any atom is 0.410 e. The summed E-state index contributed by atoms with van der Waals surface area (Å²) in [6.07, 6.45) is 0.678. The first-order valence-corrected chi connectivity index (χ1v) is 14.7. The molecule has 1 amide bonds. The van der Waals surface area contributed by atoms with Crippen molar-refractivity contribution in [1.29, 1.82) is 0 Å². The van der Waals surface area contributed by atoms with Crippen LogP contribution in [-0.4, -0.2) is 74.7 Å². The number of esters is 1. The SMILES string of the molecule is COC(=O)c1cc(F)c(O[C@H](C)CN([C@@H](C)C2CCN(C(=O)OC(C)(C)C)CC2)[S@@](=O)C(C)(C)C)c(Br)c1. The van der Waals surface area contributed by atoms with Crippen LogP contribution in [0.25, 0.3) is 0 Å². The van der Waals surface area contributed by atoms with Gasteiger partial charge in [-0.05, 0) is 102 Å².